The molecule has 0 spiro atoms. The Morgan fingerprint density at radius 3 is 2.27 bits per heavy atom. The van der Waals surface area contributed by atoms with Crippen LogP contribution in [0, 0.1) is 0 Å². The Morgan fingerprint density at radius 1 is 1.40 bits per heavy atom. The summed E-state index contributed by atoms with van der Waals surface area (Å²) >= 11 is 0. The molecule has 0 unspecified atom stereocenters. The topological polar surface area (TPSA) is 89.5 Å². The molecular weight excluding hydrogens is 222 g/mol. The van der Waals surface area contributed by atoms with Crippen molar-refractivity contribution >= 4 is 21.7 Å². The molecule has 1 atom stereocenters. The van der Waals surface area contributed by atoms with Crippen LogP contribution in [0.1, 0.15) is 13.3 Å². The maximum Gasteiger partial charge on any atom is 0.328 e. The van der Waals surface area contributed by atoms with Gasteiger partial charge in [-0.1, -0.05) is 0 Å². The van der Waals surface area contributed by atoms with Gasteiger partial charge < -0.3 is 10.1 Å². The van der Waals surface area contributed by atoms with Crippen LogP contribution in [-0.4, -0.2) is 45.5 Å². The van der Waals surface area contributed by atoms with Crippen LogP contribution in [0.15, 0.2) is 0 Å². The molecule has 0 rings (SSSR count). The molecule has 0 aliphatic rings. The lowest BCUT2D eigenvalue weighted by Crippen LogP contribution is -2.41. The van der Waals surface area contributed by atoms with E-state index in [1.54, 1.807) is 0 Å². The van der Waals surface area contributed by atoms with Crippen molar-refractivity contribution in [3.63, 3.8) is 0 Å². The molecule has 0 aromatic heterocycles. The molecule has 0 saturated carbocycles. The number of amides is 1. The molecule has 0 saturated heterocycles. The van der Waals surface area contributed by atoms with Crippen molar-refractivity contribution in [2.24, 2.45) is 0 Å². The molecule has 0 fully saturated rings. The van der Waals surface area contributed by atoms with Crippen LogP contribution in [0.5, 0.6) is 0 Å². The van der Waals surface area contributed by atoms with E-state index < -0.39 is 27.8 Å². The van der Waals surface area contributed by atoms with Crippen LogP contribution in [0.4, 0.5) is 0 Å². The van der Waals surface area contributed by atoms with Gasteiger partial charge in [0.2, 0.25) is 5.91 Å². The van der Waals surface area contributed by atoms with E-state index in [2.05, 4.69) is 10.1 Å². The predicted molar refractivity (Wildman–Crippen MR) is 53.9 cm³/mol. The van der Waals surface area contributed by atoms with Gasteiger partial charge in [-0.15, -0.1) is 0 Å². The number of sulfone groups is 1. The molecule has 0 heterocycles. The van der Waals surface area contributed by atoms with Gasteiger partial charge in [-0.2, -0.15) is 0 Å². The lowest BCUT2D eigenvalue weighted by molar-refractivity contribution is -0.144. The first-order chi connectivity index (χ1) is 6.76. The molecule has 15 heavy (non-hydrogen) atoms. The van der Waals surface area contributed by atoms with Gasteiger partial charge in [0.15, 0.2) is 0 Å². The molecular formula is C8H15NO5S. The van der Waals surface area contributed by atoms with Crippen molar-refractivity contribution in [2.45, 2.75) is 19.4 Å². The fraction of sp³-hybridized carbons (Fsp3) is 0.750. The second-order valence-electron chi connectivity index (χ2n) is 3.19. The van der Waals surface area contributed by atoms with E-state index in [0.717, 1.165) is 6.26 Å². The van der Waals surface area contributed by atoms with Gasteiger partial charge in [0.05, 0.1) is 12.9 Å². The fourth-order valence-electron chi connectivity index (χ4n) is 0.968. The average molecular weight is 237 g/mol. The van der Waals surface area contributed by atoms with Gasteiger partial charge in [-0.25, -0.2) is 13.2 Å². The molecule has 0 aromatic rings. The highest BCUT2D eigenvalue weighted by Crippen LogP contribution is 1.98. The van der Waals surface area contributed by atoms with Crippen LogP contribution in [0.3, 0.4) is 0 Å². The summed E-state index contributed by atoms with van der Waals surface area (Å²) in [6.07, 6.45) is 1.08. The second-order valence-corrected chi connectivity index (χ2v) is 5.45. The van der Waals surface area contributed by atoms with Gasteiger partial charge in [-0.3, -0.25) is 4.79 Å². The Balaban J connectivity index is 4.38. The number of rotatable bonds is 5. The van der Waals surface area contributed by atoms with Crippen molar-refractivity contribution in [1.29, 1.82) is 0 Å². The first-order valence-electron chi connectivity index (χ1n) is 4.29. The molecule has 1 N–H and O–H groups in total. The maximum atomic E-state index is 11.1. The Morgan fingerprint density at radius 2 is 1.93 bits per heavy atom. The first-order valence-corrected chi connectivity index (χ1v) is 6.35. The minimum atomic E-state index is -3.16. The van der Waals surface area contributed by atoms with Crippen molar-refractivity contribution in [3.8, 4) is 0 Å². The summed E-state index contributed by atoms with van der Waals surface area (Å²) in [6, 6.07) is -0.901. The van der Waals surface area contributed by atoms with Crippen molar-refractivity contribution in [2.75, 3.05) is 19.1 Å². The van der Waals surface area contributed by atoms with Gasteiger partial charge in [0.25, 0.3) is 0 Å². The summed E-state index contributed by atoms with van der Waals surface area (Å²) in [5.41, 5.74) is 0. The monoisotopic (exact) mass is 237 g/mol. The van der Waals surface area contributed by atoms with E-state index in [9.17, 15) is 18.0 Å². The van der Waals surface area contributed by atoms with E-state index >= 15 is 0 Å². The lowest BCUT2D eigenvalue weighted by Gasteiger charge is -2.14. The molecule has 6 nitrogen and oxygen atoms in total. The normalized spacial score (nSPS) is 13.0. The number of hydrogen-bond donors (Lipinski definition) is 1. The fourth-order valence-corrected chi connectivity index (χ4v) is 1.63. The quantitative estimate of drug-likeness (QED) is 0.626. The van der Waals surface area contributed by atoms with Crippen LogP contribution in [0.2, 0.25) is 0 Å². The van der Waals surface area contributed by atoms with Crippen molar-refractivity contribution < 1.29 is 22.7 Å². The van der Waals surface area contributed by atoms with E-state index in [1.165, 1.54) is 14.0 Å². The highest BCUT2D eigenvalue weighted by molar-refractivity contribution is 7.90. The summed E-state index contributed by atoms with van der Waals surface area (Å²) in [4.78, 5) is 21.9. The van der Waals surface area contributed by atoms with Gasteiger partial charge in [0, 0.05) is 13.2 Å². The zero-order valence-electron chi connectivity index (χ0n) is 8.94. The third kappa shape index (κ3) is 6.89. The highest BCUT2D eigenvalue weighted by atomic mass is 32.2. The van der Waals surface area contributed by atoms with E-state index in [0.29, 0.717) is 0 Å². The van der Waals surface area contributed by atoms with Gasteiger partial charge >= 0.3 is 5.97 Å². The molecule has 7 heteroatoms. The summed E-state index contributed by atoms with van der Waals surface area (Å²) in [5, 5.41) is 2.33. The summed E-state index contributed by atoms with van der Waals surface area (Å²) < 4.78 is 26.2. The largest absolute Gasteiger partial charge is 0.467 e. The van der Waals surface area contributed by atoms with Crippen LogP contribution < -0.4 is 5.32 Å². The van der Waals surface area contributed by atoms with Gasteiger partial charge in [0.1, 0.15) is 15.9 Å². The molecule has 0 aliphatic heterocycles. The minimum Gasteiger partial charge on any atom is -0.467 e. The summed E-state index contributed by atoms with van der Waals surface area (Å²) in [7, 11) is -1.98. The van der Waals surface area contributed by atoms with Crippen LogP contribution >= 0.6 is 0 Å². The second kappa shape index (κ2) is 5.69. The van der Waals surface area contributed by atoms with Crippen molar-refractivity contribution in [3.05, 3.63) is 0 Å². The number of nitrogens with one attached hydrogen (secondary N) is 1. The number of hydrogen-bond acceptors (Lipinski definition) is 5. The molecule has 88 valence electrons. The maximum absolute atomic E-state index is 11.1. The van der Waals surface area contributed by atoms with Crippen molar-refractivity contribution in [1.82, 2.24) is 5.32 Å². The summed E-state index contributed by atoms with van der Waals surface area (Å²) in [5.74, 6) is -1.22. The average Bonchev–Trinajstić information content (AvgIpc) is 2.09. The Labute approximate surface area is 88.9 Å². The zero-order valence-corrected chi connectivity index (χ0v) is 9.76. The van der Waals surface area contributed by atoms with Crippen LogP contribution in [0.25, 0.3) is 0 Å². The van der Waals surface area contributed by atoms with Gasteiger partial charge in [-0.05, 0) is 6.42 Å². The summed E-state index contributed by atoms with van der Waals surface area (Å²) in [6.45, 7) is 1.25. The lowest BCUT2D eigenvalue weighted by atomic mass is 10.2. The predicted octanol–water partition coefficient (Wildman–Crippen LogP) is -0.901. The Bertz CT molecular complexity index is 335. The molecule has 1 amide bonds. The zero-order chi connectivity index (χ0) is 12.1. The Kier molecular flexibility index (Phi) is 5.27. The van der Waals surface area contributed by atoms with E-state index in [1.807, 2.05) is 0 Å². The molecule has 0 aromatic carbocycles. The smallest absolute Gasteiger partial charge is 0.328 e. The molecule has 0 aliphatic carbocycles. The SMILES string of the molecule is COC(=O)[C@H](CCS(C)(=O)=O)NC(C)=O. The number of methoxy groups -OCH3 is 1. The third-order valence-corrected chi connectivity index (χ3v) is 2.62. The number of ether oxygens (including phenoxy) is 1. The van der Waals surface area contributed by atoms with E-state index in [-0.39, 0.29) is 12.2 Å². The Hall–Kier alpha value is -1.11. The molecule has 0 radical (unpaired) electrons. The first kappa shape index (κ1) is 13.9. The third-order valence-electron chi connectivity index (χ3n) is 1.64. The standard InChI is InChI=1S/C8H15NO5S/c1-6(10)9-7(8(11)14-2)4-5-15(3,12)13/h7H,4-5H2,1-3H3,(H,9,10)/t7-/m0/s1. The minimum absolute atomic E-state index is 0.0189. The van der Waals surface area contributed by atoms with E-state index in [4.69, 9.17) is 0 Å². The number of esters is 1. The van der Waals surface area contributed by atoms with Crippen LogP contribution in [-0.2, 0) is 24.2 Å². The number of carbonyl (C=O) groups excluding carboxylic acids is 2. The number of carbonyl (C=O) groups is 2. The molecule has 0 bridgehead atoms. The highest BCUT2D eigenvalue weighted by Gasteiger charge is 2.21.